The largest absolute Gasteiger partial charge is 0.390 e. The maximum Gasteiger partial charge on any atom is 0.0951 e. The Labute approximate surface area is 97.9 Å². The normalized spacial score (nSPS) is 13.7. The van der Waals surface area contributed by atoms with E-state index in [2.05, 4.69) is 42.4 Å². The first-order valence-electron chi connectivity index (χ1n) is 5.80. The molecule has 0 fully saturated rings. The molecule has 1 heterocycles. The van der Waals surface area contributed by atoms with Gasteiger partial charge in [-0.2, -0.15) is 0 Å². The number of rotatable bonds is 6. The van der Waals surface area contributed by atoms with Gasteiger partial charge in [-0.25, -0.2) is 4.98 Å². The molecule has 0 aromatic carbocycles. The molecule has 4 nitrogen and oxygen atoms in total. The van der Waals surface area contributed by atoms with E-state index in [9.17, 15) is 5.11 Å². The van der Waals surface area contributed by atoms with E-state index in [0.717, 1.165) is 18.7 Å². The van der Waals surface area contributed by atoms with Crippen molar-refractivity contribution in [1.29, 1.82) is 0 Å². The van der Waals surface area contributed by atoms with Crippen LogP contribution in [0.2, 0.25) is 0 Å². The summed E-state index contributed by atoms with van der Waals surface area (Å²) in [4.78, 5) is 6.29. The van der Waals surface area contributed by atoms with Crippen LogP contribution in [0, 0.1) is 5.92 Å². The van der Waals surface area contributed by atoms with Crippen molar-refractivity contribution in [1.82, 2.24) is 14.5 Å². The van der Waals surface area contributed by atoms with E-state index in [0.29, 0.717) is 12.0 Å². The van der Waals surface area contributed by atoms with Crippen molar-refractivity contribution in [2.75, 3.05) is 20.6 Å². The first-order valence-corrected chi connectivity index (χ1v) is 5.80. The maximum atomic E-state index is 9.25. The number of aliphatic hydroxyl groups excluding tert-OH is 1. The summed E-state index contributed by atoms with van der Waals surface area (Å²) in [6, 6.07) is 0.389. The molecule has 16 heavy (non-hydrogen) atoms. The third-order valence-corrected chi connectivity index (χ3v) is 2.62. The fraction of sp³-hybridized carbons (Fsp3) is 0.750. The summed E-state index contributed by atoms with van der Waals surface area (Å²) in [5.74, 6) is 0.638. The Morgan fingerprint density at radius 2 is 2.12 bits per heavy atom. The Morgan fingerprint density at radius 1 is 1.44 bits per heavy atom. The van der Waals surface area contributed by atoms with Crippen LogP contribution in [0.15, 0.2) is 12.5 Å². The van der Waals surface area contributed by atoms with Crippen molar-refractivity contribution < 1.29 is 5.11 Å². The fourth-order valence-electron chi connectivity index (χ4n) is 2.02. The van der Waals surface area contributed by atoms with E-state index in [1.165, 1.54) is 0 Å². The van der Waals surface area contributed by atoms with Gasteiger partial charge in [0.15, 0.2) is 0 Å². The molecule has 0 bridgehead atoms. The van der Waals surface area contributed by atoms with Gasteiger partial charge in [0.25, 0.3) is 0 Å². The van der Waals surface area contributed by atoms with Gasteiger partial charge in [-0.3, -0.25) is 0 Å². The Hall–Kier alpha value is -0.870. The molecule has 1 N–H and O–H groups in total. The molecule has 4 heteroatoms. The summed E-state index contributed by atoms with van der Waals surface area (Å²) in [5, 5.41) is 9.25. The van der Waals surface area contributed by atoms with Crippen LogP contribution in [0.25, 0.3) is 0 Å². The summed E-state index contributed by atoms with van der Waals surface area (Å²) in [6.07, 6.45) is 4.66. The average Bonchev–Trinajstić information content (AvgIpc) is 2.62. The number of hydrogen-bond donors (Lipinski definition) is 1. The van der Waals surface area contributed by atoms with Crippen LogP contribution in [-0.4, -0.2) is 40.2 Å². The first kappa shape index (κ1) is 13.2. The van der Waals surface area contributed by atoms with Crippen molar-refractivity contribution in [3.05, 3.63) is 18.2 Å². The number of aliphatic hydroxyl groups is 1. The lowest BCUT2D eigenvalue weighted by Gasteiger charge is -2.25. The predicted molar refractivity (Wildman–Crippen MR) is 65.2 cm³/mol. The molecule has 0 aliphatic carbocycles. The number of nitrogens with zero attached hydrogens (tertiary/aromatic N) is 3. The monoisotopic (exact) mass is 225 g/mol. The summed E-state index contributed by atoms with van der Waals surface area (Å²) >= 11 is 0. The SMILES string of the molecule is CC(C)CC(CN(C)C)n1cncc1CO. The van der Waals surface area contributed by atoms with E-state index in [1.807, 2.05) is 6.33 Å². The summed E-state index contributed by atoms with van der Waals surface area (Å²) in [5.41, 5.74) is 0.896. The molecule has 1 atom stereocenters. The molecule has 1 aromatic heterocycles. The lowest BCUT2D eigenvalue weighted by molar-refractivity contribution is 0.245. The van der Waals surface area contributed by atoms with Gasteiger partial charge in [0.1, 0.15) is 0 Å². The van der Waals surface area contributed by atoms with E-state index in [1.54, 1.807) is 6.20 Å². The van der Waals surface area contributed by atoms with Crippen molar-refractivity contribution in [2.24, 2.45) is 5.92 Å². The third kappa shape index (κ3) is 3.61. The number of likely N-dealkylation sites (N-methyl/N-ethyl adjacent to an activating group) is 1. The average molecular weight is 225 g/mol. The molecule has 92 valence electrons. The second kappa shape index (κ2) is 6.01. The molecule has 0 aliphatic heterocycles. The molecule has 0 saturated heterocycles. The van der Waals surface area contributed by atoms with Crippen LogP contribution < -0.4 is 0 Å². The van der Waals surface area contributed by atoms with E-state index in [-0.39, 0.29) is 6.61 Å². The van der Waals surface area contributed by atoms with Crippen LogP contribution in [-0.2, 0) is 6.61 Å². The Kier molecular flexibility index (Phi) is 4.96. The van der Waals surface area contributed by atoms with Crippen molar-refractivity contribution in [3.63, 3.8) is 0 Å². The van der Waals surface area contributed by atoms with Crippen LogP contribution in [0.1, 0.15) is 32.0 Å². The van der Waals surface area contributed by atoms with Crippen LogP contribution in [0.5, 0.6) is 0 Å². The van der Waals surface area contributed by atoms with Gasteiger partial charge in [0, 0.05) is 12.6 Å². The Bertz CT molecular complexity index is 297. The third-order valence-electron chi connectivity index (χ3n) is 2.62. The van der Waals surface area contributed by atoms with Gasteiger partial charge in [-0.15, -0.1) is 0 Å². The molecule has 0 amide bonds. The standard InChI is InChI=1S/C12H23N3O/c1-10(2)5-11(7-14(3)4)15-9-13-6-12(15)8-16/h6,9-11,16H,5,7-8H2,1-4H3. The summed E-state index contributed by atoms with van der Waals surface area (Å²) in [6.45, 7) is 5.47. The minimum atomic E-state index is 0.0576. The second-order valence-corrected chi connectivity index (χ2v) is 5.00. The lowest BCUT2D eigenvalue weighted by Crippen LogP contribution is -2.26. The van der Waals surface area contributed by atoms with Gasteiger partial charge in [-0.1, -0.05) is 13.8 Å². The Balaban J connectivity index is 2.82. The lowest BCUT2D eigenvalue weighted by atomic mass is 10.0. The van der Waals surface area contributed by atoms with E-state index < -0.39 is 0 Å². The van der Waals surface area contributed by atoms with Gasteiger partial charge in [0.05, 0.1) is 24.8 Å². The number of imidazole rings is 1. The van der Waals surface area contributed by atoms with E-state index in [4.69, 9.17) is 0 Å². The molecule has 0 spiro atoms. The second-order valence-electron chi connectivity index (χ2n) is 5.00. The molecular weight excluding hydrogens is 202 g/mol. The van der Waals surface area contributed by atoms with Gasteiger partial charge >= 0.3 is 0 Å². The molecule has 0 saturated carbocycles. The zero-order valence-corrected chi connectivity index (χ0v) is 10.7. The minimum Gasteiger partial charge on any atom is -0.390 e. The van der Waals surface area contributed by atoms with Crippen LogP contribution in [0.3, 0.4) is 0 Å². The molecule has 1 aromatic rings. The molecule has 1 unspecified atom stereocenters. The highest BCUT2D eigenvalue weighted by molar-refractivity contribution is 4.99. The van der Waals surface area contributed by atoms with Crippen LogP contribution >= 0.6 is 0 Å². The molecular formula is C12H23N3O. The highest BCUT2D eigenvalue weighted by atomic mass is 16.3. The molecule has 1 rings (SSSR count). The number of hydrogen-bond acceptors (Lipinski definition) is 3. The smallest absolute Gasteiger partial charge is 0.0951 e. The van der Waals surface area contributed by atoms with Gasteiger partial charge < -0.3 is 14.6 Å². The Morgan fingerprint density at radius 3 is 2.62 bits per heavy atom. The van der Waals surface area contributed by atoms with Crippen molar-refractivity contribution in [2.45, 2.75) is 32.9 Å². The van der Waals surface area contributed by atoms with Gasteiger partial charge in [-0.05, 0) is 26.4 Å². The zero-order chi connectivity index (χ0) is 12.1. The number of aromatic nitrogens is 2. The quantitative estimate of drug-likeness (QED) is 0.798. The van der Waals surface area contributed by atoms with Gasteiger partial charge in [0.2, 0.25) is 0 Å². The zero-order valence-electron chi connectivity index (χ0n) is 10.7. The van der Waals surface area contributed by atoms with E-state index >= 15 is 0 Å². The van der Waals surface area contributed by atoms with Crippen molar-refractivity contribution in [3.8, 4) is 0 Å². The van der Waals surface area contributed by atoms with Crippen molar-refractivity contribution >= 4 is 0 Å². The molecule has 0 aliphatic rings. The molecule has 0 radical (unpaired) electrons. The predicted octanol–water partition coefficient (Wildman–Crippen LogP) is 1.52. The minimum absolute atomic E-state index is 0.0576. The highest BCUT2D eigenvalue weighted by Crippen LogP contribution is 2.20. The maximum absolute atomic E-state index is 9.25. The first-order chi connectivity index (χ1) is 7.54. The fourth-order valence-corrected chi connectivity index (χ4v) is 2.02. The summed E-state index contributed by atoms with van der Waals surface area (Å²) in [7, 11) is 4.14. The topological polar surface area (TPSA) is 41.3 Å². The van der Waals surface area contributed by atoms with Crippen LogP contribution in [0.4, 0.5) is 0 Å². The highest BCUT2D eigenvalue weighted by Gasteiger charge is 2.16. The summed E-state index contributed by atoms with van der Waals surface area (Å²) < 4.78 is 2.10.